The van der Waals surface area contributed by atoms with Crippen LogP contribution in [0.15, 0.2) is 53.4 Å². The van der Waals surface area contributed by atoms with Gasteiger partial charge < -0.3 is 15.0 Å². The minimum absolute atomic E-state index is 0.165. The number of nitrogens with zero attached hydrogens (tertiary/aromatic N) is 1. The van der Waals surface area contributed by atoms with E-state index < -0.39 is 0 Å². The topological polar surface area (TPSA) is 41.6 Å². The molecule has 23 heavy (non-hydrogen) atoms. The van der Waals surface area contributed by atoms with Crippen LogP contribution in [0.2, 0.25) is 5.02 Å². The number of hydrogen-bond acceptors (Lipinski definition) is 3. The molecule has 6 heteroatoms. The number of anilines is 1. The van der Waals surface area contributed by atoms with Gasteiger partial charge in [0.15, 0.2) is 0 Å². The molecule has 2 aromatic rings. The van der Waals surface area contributed by atoms with Crippen molar-refractivity contribution in [3.63, 3.8) is 0 Å². The first kappa shape index (κ1) is 17.5. The van der Waals surface area contributed by atoms with Crippen LogP contribution in [-0.4, -0.2) is 37.4 Å². The Kier molecular flexibility index (Phi) is 6.62. The number of urea groups is 1. The average Bonchev–Trinajstić information content (AvgIpc) is 2.57. The van der Waals surface area contributed by atoms with Gasteiger partial charge in [0.2, 0.25) is 0 Å². The molecule has 0 aliphatic heterocycles. The molecule has 0 radical (unpaired) electrons. The number of hydrogen-bond donors (Lipinski definition) is 1. The maximum Gasteiger partial charge on any atom is 0.321 e. The van der Waals surface area contributed by atoms with Crippen molar-refractivity contribution in [1.29, 1.82) is 0 Å². The van der Waals surface area contributed by atoms with Crippen molar-refractivity contribution in [2.24, 2.45) is 0 Å². The summed E-state index contributed by atoms with van der Waals surface area (Å²) in [6, 6.07) is 14.7. The Morgan fingerprint density at radius 3 is 2.43 bits per heavy atom. The maximum absolute atomic E-state index is 12.1. The molecule has 0 fully saturated rings. The Labute approximate surface area is 145 Å². The third-order valence-corrected chi connectivity index (χ3v) is 4.19. The molecule has 0 bridgehead atoms. The number of thioether (sulfide) groups is 1. The van der Waals surface area contributed by atoms with Crippen LogP contribution < -0.4 is 10.1 Å². The second kappa shape index (κ2) is 8.70. The van der Waals surface area contributed by atoms with Crippen LogP contribution in [0, 0.1) is 0 Å². The number of carbonyl (C=O) groups is 1. The van der Waals surface area contributed by atoms with E-state index >= 15 is 0 Å². The molecule has 4 nitrogen and oxygen atoms in total. The fourth-order valence-electron chi connectivity index (χ4n) is 1.83. The average molecular weight is 351 g/mol. The van der Waals surface area contributed by atoms with E-state index in [1.165, 1.54) is 0 Å². The highest BCUT2D eigenvalue weighted by molar-refractivity contribution is 7.98. The molecule has 0 saturated carbocycles. The van der Waals surface area contributed by atoms with Gasteiger partial charge in [-0.05, 0) is 54.8 Å². The first-order valence-electron chi connectivity index (χ1n) is 7.13. The minimum atomic E-state index is -0.165. The number of halogens is 1. The molecular weight excluding hydrogens is 332 g/mol. The van der Waals surface area contributed by atoms with Crippen molar-refractivity contribution in [3.05, 3.63) is 53.6 Å². The van der Waals surface area contributed by atoms with Crippen LogP contribution in [0.25, 0.3) is 0 Å². The van der Waals surface area contributed by atoms with Gasteiger partial charge in [0, 0.05) is 22.7 Å². The molecule has 122 valence electrons. The van der Waals surface area contributed by atoms with Gasteiger partial charge in [-0.15, -0.1) is 11.8 Å². The molecule has 2 aromatic carbocycles. The molecule has 0 unspecified atom stereocenters. The Hall–Kier alpha value is -1.85. The number of amides is 2. The van der Waals surface area contributed by atoms with E-state index in [1.54, 1.807) is 48.0 Å². The summed E-state index contributed by atoms with van der Waals surface area (Å²) >= 11 is 7.48. The van der Waals surface area contributed by atoms with E-state index in [-0.39, 0.29) is 6.03 Å². The third kappa shape index (κ3) is 5.69. The summed E-state index contributed by atoms with van der Waals surface area (Å²) in [4.78, 5) is 14.8. The van der Waals surface area contributed by atoms with Crippen LogP contribution >= 0.6 is 23.4 Å². The van der Waals surface area contributed by atoms with Gasteiger partial charge >= 0.3 is 6.03 Å². The zero-order chi connectivity index (χ0) is 16.7. The van der Waals surface area contributed by atoms with E-state index in [0.717, 1.165) is 16.3 Å². The van der Waals surface area contributed by atoms with Crippen LogP contribution in [0.3, 0.4) is 0 Å². The molecule has 1 N–H and O–H groups in total. The summed E-state index contributed by atoms with van der Waals surface area (Å²) in [5, 5.41) is 3.52. The van der Waals surface area contributed by atoms with Gasteiger partial charge in [0.25, 0.3) is 0 Å². The Morgan fingerprint density at radius 2 is 1.83 bits per heavy atom. The summed E-state index contributed by atoms with van der Waals surface area (Å²) in [5.74, 6) is 0.732. The zero-order valence-electron chi connectivity index (χ0n) is 13.1. The molecule has 0 saturated heterocycles. The first-order chi connectivity index (χ1) is 11.1. The molecular formula is C17H19ClN2O2S. The normalized spacial score (nSPS) is 10.2. The zero-order valence-corrected chi connectivity index (χ0v) is 14.7. The maximum atomic E-state index is 12.1. The summed E-state index contributed by atoms with van der Waals surface area (Å²) in [5.41, 5.74) is 0.776. The van der Waals surface area contributed by atoms with Gasteiger partial charge in [0.1, 0.15) is 12.4 Å². The lowest BCUT2D eigenvalue weighted by molar-refractivity contribution is 0.207. The van der Waals surface area contributed by atoms with Crippen molar-refractivity contribution in [3.8, 4) is 5.75 Å². The predicted octanol–water partition coefficient (Wildman–Crippen LogP) is 4.60. The molecule has 0 aromatic heterocycles. The Balaban J connectivity index is 1.76. The Morgan fingerprint density at radius 1 is 1.17 bits per heavy atom. The van der Waals surface area contributed by atoms with Crippen LogP contribution in [0.4, 0.5) is 10.5 Å². The summed E-state index contributed by atoms with van der Waals surface area (Å²) in [6.45, 7) is 0.897. The highest BCUT2D eigenvalue weighted by atomic mass is 35.5. The monoisotopic (exact) mass is 350 g/mol. The quantitative estimate of drug-likeness (QED) is 0.774. The Bertz CT molecular complexity index is 632. The van der Waals surface area contributed by atoms with E-state index in [2.05, 4.69) is 5.32 Å². The van der Waals surface area contributed by atoms with Crippen LogP contribution in [0.5, 0.6) is 5.75 Å². The lowest BCUT2D eigenvalue weighted by Crippen LogP contribution is -2.34. The van der Waals surface area contributed by atoms with Gasteiger partial charge in [-0.1, -0.05) is 11.6 Å². The van der Waals surface area contributed by atoms with Gasteiger partial charge in [0.05, 0.1) is 6.54 Å². The lowest BCUT2D eigenvalue weighted by Gasteiger charge is -2.18. The molecule has 0 heterocycles. The number of benzene rings is 2. The second-order valence-corrected chi connectivity index (χ2v) is 6.20. The summed E-state index contributed by atoms with van der Waals surface area (Å²) < 4.78 is 5.58. The molecule has 0 spiro atoms. The third-order valence-electron chi connectivity index (χ3n) is 3.20. The smallest absolute Gasteiger partial charge is 0.321 e. The molecule has 0 aliphatic rings. The van der Waals surface area contributed by atoms with Crippen molar-refractivity contribution in [2.45, 2.75) is 4.90 Å². The molecule has 2 rings (SSSR count). The highest BCUT2D eigenvalue weighted by Gasteiger charge is 2.08. The van der Waals surface area contributed by atoms with Crippen molar-refractivity contribution in [2.75, 3.05) is 31.8 Å². The predicted molar refractivity (Wildman–Crippen MR) is 96.8 cm³/mol. The lowest BCUT2D eigenvalue weighted by atomic mass is 10.3. The first-order valence-corrected chi connectivity index (χ1v) is 8.73. The number of carbonyl (C=O) groups excluding carboxylic acids is 1. The second-order valence-electron chi connectivity index (χ2n) is 4.88. The summed E-state index contributed by atoms with van der Waals surface area (Å²) in [6.07, 6.45) is 2.02. The van der Waals surface area contributed by atoms with Crippen LogP contribution in [-0.2, 0) is 0 Å². The van der Waals surface area contributed by atoms with E-state index in [0.29, 0.717) is 18.2 Å². The largest absolute Gasteiger partial charge is 0.492 e. The summed E-state index contributed by atoms with van der Waals surface area (Å²) in [7, 11) is 1.73. The molecule has 0 aliphatic carbocycles. The fraction of sp³-hybridized carbons (Fsp3) is 0.235. The van der Waals surface area contributed by atoms with E-state index in [4.69, 9.17) is 16.3 Å². The fourth-order valence-corrected chi connectivity index (χ4v) is 2.36. The number of likely N-dealkylation sites (N-methyl/N-ethyl adjacent to an activating group) is 1. The van der Waals surface area contributed by atoms with Gasteiger partial charge in [-0.25, -0.2) is 4.79 Å². The number of nitrogens with one attached hydrogen (secondary N) is 1. The number of ether oxygens (including phenoxy) is 1. The minimum Gasteiger partial charge on any atom is -0.492 e. The van der Waals surface area contributed by atoms with E-state index in [1.807, 2.05) is 30.5 Å². The van der Waals surface area contributed by atoms with Crippen LogP contribution in [0.1, 0.15) is 0 Å². The SMILES string of the molecule is CSc1ccc(NC(=O)N(C)CCOc2ccc(Cl)cc2)cc1. The van der Waals surface area contributed by atoms with Gasteiger partial charge in [-0.3, -0.25) is 0 Å². The molecule has 0 atom stereocenters. The standard InChI is InChI=1S/C17H19ClN2O2S/c1-20(11-12-22-15-7-3-13(18)4-8-15)17(21)19-14-5-9-16(23-2)10-6-14/h3-10H,11-12H2,1-2H3,(H,19,21). The highest BCUT2D eigenvalue weighted by Crippen LogP contribution is 2.18. The van der Waals surface area contributed by atoms with Crippen molar-refractivity contribution < 1.29 is 9.53 Å². The molecule has 2 amide bonds. The van der Waals surface area contributed by atoms with E-state index in [9.17, 15) is 4.79 Å². The van der Waals surface area contributed by atoms with Gasteiger partial charge in [-0.2, -0.15) is 0 Å². The number of rotatable bonds is 6. The van der Waals surface area contributed by atoms with Crippen molar-refractivity contribution >= 4 is 35.1 Å². The van der Waals surface area contributed by atoms with Crippen molar-refractivity contribution in [1.82, 2.24) is 4.90 Å².